The van der Waals surface area contributed by atoms with Gasteiger partial charge in [-0.2, -0.15) is 12.6 Å². The maximum Gasteiger partial charge on any atom is 0.158 e. The highest BCUT2D eigenvalue weighted by molar-refractivity contribution is 7.80. The molecule has 1 rings (SSSR count). The third kappa shape index (κ3) is 2.48. The highest BCUT2D eigenvalue weighted by Gasteiger charge is 2.17. The van der Waals surface area contributed by atoms with Gasteiger partial charge in [-0.05, 0) is 11.7 Å². The lowest BCUT2D eigenvalue weighted by Gasteiger charge is -2.12. The molecule has 1 atom stereocenters. The molecule has 2 nitrogen and oxygen atoms in total. The smallest absolute Gasteiger partial charge is 0.158 e. The predicted octanol–water partition coefficient (Wildman–Crippen LogP) is 1.32. The van der Waals surface area contributed by atoms with E-state index < -0.39 is 0 Å². The molecule has 0 aromatic rings. The fraction of sp³-hybridized carbons (Fsp3) is 1.00. The van der Waals surface area contributed by atoms with Crippen molar-refractivity contribution in [1.82, 2.24) is 0 Å². The second-order valence-electron chi connectivity index (χ2n) is 2.69. The molecule has 1 aliphatic heterocycles. The minimum Gasteiger partial charge on any atom is -0.350 e. The molecule has 0 aromatic heterocycles. The second kappa shape index (κ2) is 4.21. The first kappa shape index (κ1) is 8.37. The van der Waals surface area contributed by atoms with E-state index in [9.17, 15) is 0 Å². The zero-order valence-electron chi connectivity index (χ0n) is 6.25. The van der Waals surface area contributed by atoms with E-state index in [0.717, 1.165) is 25.4 Å². The lowest BCUT2D eigenvalue weighted by atomic mass is 10.1. The van der Waals surface area contributed by atoms with Crippen LogP contribution in [0.3, 0.4) is 0 Å². The molecule has 0 bridgehead atoms. The molecular weight excluding hydrogens is 148 g/mol. The molecule has 0 spiro atoms. The van der Waals surface area contributed by atoms with Gasteiger partial charge in [0, 0.05) is 6.42 Å². The summed E-state index contributed by atoms with van der Waals surface area (Å²) in [5.41, 5.74) is 0. The van der Waals surface area contributed by atoms with Crippen molar-refractivity contribution in [2.45, 2.75) is 19.6 Å². The van der Waals surface area contributed by atoms with Crippen molar-refractivity contribution in [2.24, 2.45) is 5.92 Å². The average molecular weight is 162 g/mol. The van der Waals surface area contributed by atoms with Gasteiger partial charge in [0.2, 0.25) is 0 Å². The van der Waals surface area contributed by atoms with E-state index in [1.165, 1.54) is 0 Å². The number of thiol groups is 1. The van der Waals surface area contributed by atoms with Crippen LogP contribution in [0.1, 0.15) is 13.3 Å². The van der Waals surface area contributed by atoms with Crippen molar-refractivity contribution < 1.29 is 9.47 Å². The van der Waals surface area contributed by atoms with Crippen LogP contribution < -0.4 is 0 Å². The molecule has 1 aliphatic rings. The van der Waals surface area contributed by atoms with Crippen LogP contribution in [0.15, 0.2) is 0 Å². The van der Waals surface area contributed by atoms with Gasteiger partial charge < -0.3 is 9.47 Å². The zero-order valence-corrected chi connectivity index (χ0v) is 7.14. The van der Waals surface area contributed by atoms with Crippen LogP contribution in [0.4, 0.5) is 0 Å². The van der Waals surface area contributed by atoms with Crippen LogP contribution in [0, 0.1) is 5.92 Å². The van der Waals surface area contributed by atoms with E-state index in [2.05, 4.69) is 19.6 Å². The van der Waals surface area contributed by atoms with E-state index in [-0.39, 0.29) is 6.29 Å². The molecule has 1 heterocycles. The number of ether oxygens (including phenoxy) is 2. The van der Waals surface area contributed by atoms with Gasteiger partial charge in [0.15, 0.2) is 6.29 Å². The third-order valence-corrected chi connectivity index (χ3v) is 2.22. The van der Waals surface area contributed by atoms with Crippen molar-refractivity contribution >= 4 is 12.6 Å². The molecule has 0 aliphatic carbocycles. The summed E-state index contributed by atoms with van der Waals surface area (Å²) in [6.07, 6.45) is 1.02. The molecule has 0 N–H and O–H groups in total. The lowest BCUT2D eigenvalue weighted by Crippen LogP contribution is -2.13. The van der Waals surface area contributed by atoms with Crippen LogP contribution >= 0.6 is 12.6 Å². The van der Waals surface area contributed by atoms with Crippen LogP contribution in [0.5, 0.6) is 0 Å². The van der Waals surface area contributed by atoms with Crippen LogP contribution in [0.2, 0.25) is 0 Å². The van der Waals surface area contributed by atoms with Gasteiger partial charge >= 0.3 is 0 Å². The number of rotatable bonds is 3. The highest BCUT2D eigenvalue weighted by Crippen LogP contribution is 2.14. The number of hydrogen-bond acceptors (Lipinski definition) is 3. The lowest BCUT2D eigenvalue weighted by molar-refractivity contribution is -0.0538. The third-order valence-electron chi connectivity index (χ3n) is 1.60. The zero-order chi connectivity index (χ0) is 7.40. The second-order valence-corrected chi connectivity index (χ2v) is 3.06. The van der Waals surface area contributed by atoms with Gasteiger partial charge in [-0.25, -0.2) is 0 Å². The highest BCUT2D eigenvalue weighted by atomic mass is 32.1. The molecule has 0 radical (unpaired) electrons. The van der Waals surface area contributed by atoms with Crippen molar-refractivity contribution in [3.63, 3.8) is 0 Å². The largest absolute Gasteiger partial charge is 0.350 e. The average Bonchev–Trinajstić information content (AvgIpc) is 2.40. The fourth-order valence-corrected chi connectivity index (χ4v) is 1.10. The summed E-state index contributed by atoms with van der Waals surface area (Å²) < 4.78 is 10.5. The van der Waals surface area contributed by atoms with E-state index in [1.54, 1.807) is 0 Å². The quantitative estimate of drug-likeness (QED) is 0.631. The Kier molecular flexibility index (Phi) is 3.52. The van der Waals surface area contributed by atoms with Gasteiger partial charge in [-0.1, -0.05) is 6.92 Å². The Labute approximate surface area is 67.3 Å². The van der Waals surface area contributed by atoms with Crippen LogP contribution in [-0.2, 0) is 9.47 Å². The van der Waals surface area contributed by atoms with Crippen LogP contribution in [0.25, 0.3) is 0 Å². The van der Waals surface area contributed by atoms with Gasteiger partial charge in [0.25, 0.3) is 0 Å². The first-order chi connectivity index (χ1) is 4.83. The fourth-order valence-electron chi connectivity index (χ4n) is 0.946. The summed E-state index contributed by atoms with van der Waals surface area (Å²) >= 11 is 4.18. The molecule has 0 amide bonds. The van der Waals surface area contributed by atoms with E-state index >= 15 is 0 Å². The van der Waals surface area contributed by atoms with Crippen molar-refractivity contribution in [3.8, 4) is 0 Å². The monoisotopic (exact) mass is 162 g/mol. The standard InChI is InChI=1S/C7H14O2S/c1-6(5-10)4-7-8-2-3-9-7/h6-7,10H,2-5H2,1H3. The summed E-state index contributed by atoms with van der Waals surface area (Å²) in [6, 6.07) is 0. The molecule has 0 saturated carbocycles. The van der Waals surface area contributed by atoms with Crippen molar-refractivity contribution in [1.29, 1.82) is 0 Å². The van der Waals surface area contributed by atoms with E-state index in [0.29, 0.717) is 5.92 Å². The number of hydrogen-bond donors (Lipinski definition) is 1. The minimum atomic E-state index is 0.0437. The van der Waals surface area contributed by atoms with Crippen molar-refractivity contribution in [3.05, 3.63) is 0 Å². The first-order valence-corrected chi connectivity index (χ1v) is 4.30. The Balaban J connectivity index is 2.11. The molecule has 10 heavy (non-hydrogen) atoms. The molecule has 1 unspecified atom stereocenters. The Morgan fingerprint density at radius 1 is 1.50 bits per heavy atom. The Bertz CT molecular complexity index is 91.6. The molecule has 1 fully saturated rings. The molecule has 0 aromatic carbocycles. The molecule has 3 heteroatoms. The van der Waals surface area contributed by atoms with Crippen LogP contribution in [-0.4, -0.2) is 25.3 Å². The van der Waals surface area contributed by atoms with Gasteiger partial charge in [0.05, 0.1) is 13.2 Å². The normalized spacial score (nSPS) is 23.4. The van der Waals surface area contributed by atoms with E-state index in [4.69, 9.17) is 9.47 Å². The summed E-state index contributed by atoms with van der Waals surface area (Å²) in [5, 5.41) is 0. The minimum absolute atomic E-state index is 0.0437. The Morgan fingerprint density at radius 2 is 2.10 bits per heavy atom. The summed E-state index contributed by atoms with van der Waals surface area (Å²) in [7, 11) is 0. The Hall–Kier alpha value is 0.270. The Morgan fingerprint density at radius 3 is 2.60 bits per heavy atom. The molecule has 1 saturated heterocycles. The van der Waals surface area contributed by atoms with E-state index in [1.807, 2.05) is 0 Å². The van der Waals surface area contributed by atoms with Crippen molar-refractivity contribution in [2.75, 3.05) is 19.0 Å². The summed E-state index contributed by atoms with van der Waals surface area (Å²) in [6.45, 7) is 3.66. The SMILES string of the molecule is CC(CS)CC1OCCO1. The maximum atomic E-state index is 5.27. The van der Waals surface area contributed by atoms with Gasteiger partial charge in [-0.15, -0.1) is 0 Å². The first-order valence-electron chi connectivity index (χ1n) is 3.67. The molecular formula is C7H14O2S. The summed E-state index contributed by atoms with van der Waals surface area (Å²) in [4.78, 5) is 0. The maximum absolute atomic E-state index is 5.27. The molecule has 60 valence electrons. The van der Waals surface area contributed by atoms with Gasteiger partial charge in [-0.3, -0.25) is 0 Å². The summed E-state index contributed by atoms with van der Waals surface area (Å²) in [5.74, 6) is 1.50. The topological polar surface area (TPSA) is 18.5 Å². The predicted molar refractivity (Wildman–Crippen MR) is 43.3 cm³/mol. The van der Waals surface area contributed by atoms with Gasteiger partial charge in [0.1, 0.15) is 0 Å².